The smallest absolute Gasteiger partial charge is 0.306 e. The van der Waals surface area contributed by atoms with Crippen molar-refractivity contribution in [1.82, 2.24) is 0 Å². The Kier molecular flexibility index (Phi) is 64.2. The molecule has 0 saturated heterocycles. The van der Waals surface area contributed by atoms with E-state index in [0.717, 1.165) is 77.0 Å². The Morgan fingerprint density at radius 1 is 0.269 bits per heavy atom. The van der Waals surface area contributed by atoms with Gasteiger partial charge < -0.3 is 14.2 Å². The summed E-state index contributed by atoms with van der Waals surface area (Å²) in [6.07, 6.45) is 85.7. The molecule has 0 aromatic rings. The molecule has 0 bridgehead atoms. The molecule has 0 fully saturated rings. The van der Waals surface area contributed by atoms with Crippen molar-refractivity contribution in [1.29, 1.82) is 0 Å². The molecule has 78 heavy (non-hydrogen) atoms. The molecule has 1 unspecified atom stereocenters. The van der Waals surface area contributed by atoms with Crippen LogP contribution in [0.5, 0.6) is 0 Å². The van der Waals surface area contributed by atoms with E-state index in [1.54, 1.807) is 0 Å². The monoisotopic (exact) mass is 1090 g/mol. The highest BCUT2D eigenvalue weighted by Crippen LogP contribution is 2.18. The number of hydrogen-bond acceptors (Lipinski definition) is 6. The third-order valence-electron chi connectivity index (χ3n) is 15.3. The zero-order valence-corrected chi connectivity index (χ0v) is 52.2. The first-order valence-corrected chi connectivity index (χ1v) is 34.3. The quantitative estimate of drug-likeness (QED) is 0.0261. The van der Waals surface area contributed by atoms with Crippen LogP contribution < -0.4 is 0 Å². The maximum Gasteiger partial charge on any atom is 0.306 e. The zero-order valence-electron chi connectivity index (χ0n) is 52.2. The van der Waals surface area contributed by atoms with E-state index in [1.165, 1.54) is 238 Å². The number of carbonyl (C=O) groups excluding carboxylic acids is 3. The molecule has 0 heterocycles. The summed E-state index contributed by atoms with van der Waals surface area (Å²) in [4.78, 5) is 38.2. The number of unbranched alkanes of at least 4 members (excludes halogenated alkanes) is 42. The fourth-order valence-electron chi connectivity index (χ4n) is 10.2. The molecule has 454 valence electrons. The van der Waals surface area contributed by atoms with Gasteiger partial charge in [0.1, 0.15) is 13.2 Å². The summed E-state index contributed by atoms with van der Waals surface area (Å²) >= 11 is 0. The topological polar surface area (TPSA) is 78.9 Å². The number of hydrogen-bond donors (Lipinski definition) is 0. The summed E-state index contributed by atoms with van der Waals surface area (Å²) in [5, 5.41) is 0. The van der Waals surface area contributed by atoms with Crippen LogP contribution in [0, 0.1) is 0 Å². The van der Waals surface area contributed by atoms with E-state index < -0.39 is 6.10 Å². The molecule has 6 heteroatoms. The van der Waals surface area contributed by atoms with Gasteiger partial charge in [0.15, 0.2) is 6.10 Å². The van der Waals surface area contributed by atoms with Crippen LogP contribution in [0.1, 0.15) is 361 Å². The van der Waals surface area contributed by atoms with Crippen molar-refractivity contribution in [2.45, 2.75) is 367 Å². The third kappa shape index (κ3) is 63.9. The maximum atomic E-state index is 12.9. The second-order valence-corrected chi connectivity index (χ2v) is 23.1. The van der Waals surface area contributed by atoms with E-state index in [9.17, 15) is 14.4 Å². The first-order valence-electron chi connectivity index (χ1n) is 34.3. The minimum absolute atomic E-state index is 0.0964. The van der Waals surface area contributed by atoms with E-state index in [1.807, 2.05) is 6.08 Å². The van der Waals surface area contributed by atoms with Crippen molar-refractivity contribution < 1.29 is 28.6 Å². The Hall–Kier alpha value is -2.89. The van der Waals surface area contributed by atoms with Crippen molar-refractivity contribution in [2.75, 3.05) is 13.2 Å². The predicted octanol–water partition coefficient (Wildman–Crippen LogP) is 23.5. The number of ether oxygens (including phenoxy) is 3. The lowest BCUT2D eigenvalue weighted by molar-refractivity contribution is -0.166. The van der Waals surface area contributed by atoms with Gasteiger partial charge in [0, 0.05) is 19.3 Å². The SMILES string of the molecule is CC/C=C\C/C=C\C/C=C\C/C=C\CCC(=O)OCC(COC(=O)CCCCCCCCCCCCCCCCCCCCCCCCCCCCCCCCC)OC(=O)CCCCCCC/C=C\CCCCCCCCC. The molecule has 0 N–H and O–H groups in total. The fraction of sp³-hybridized carbons (Fsp3) is 0.819. The van der Waals surface area contributed by atoms with Gasteiger partial charge in [0.2, 0.25) is 0 Å². The number of rotatable bonds is 63. The first-order chi connectivity index (χ1) is 38.5. The molecule has 0 aliphatic rings. The maximum absolute atomic E-state index is 12.9. The molecule has 0 saturated carbocycles. The zero-order chi connectivity index (χ0) is 56.4. The summed E-state index contributed by atoms with van der Waals surface area (Å²) in [6.45, 7) is 6.50. The number of allylic oxidation sites excluding steroid dienone is 10. The van der Waals surface area contributed by atoms with Gasteiger partial charge in [0.25, 0.3) is 0 Å². The Bertz CT molecular complexity index is 1390. The second-order valence-electron chi connectivity index (χ2n) is 23.1. The van der Waals surface area contributed by atoms with Gasteiger partial charge in [-0.05, 0) is 70.6 Å². The van der Waals surface area contributed by atoms with Crippen molar-refractivity contribution in [2.24, 2.45) is 0 Å². The average molecular weight is 1090 g/mol. The summed E-state index contributed by atoms with van der Waals surface area (Å²) < 4.78 is 16.8. The lowest BCUT2D eigenvalue weighted by Gasteiger charge is -2.18. The van der Waals surface area contributed by atoms with Crippen LogP contribution in [-0.4, -0.2) is 37.2 Å². The van der Waals surface area contributed by atoms with Crippen molar-refractivity contribution >= 4 is 17.9 Å². The summed E-state index contributed by atoms with van der Waals surface area (Å²) in [5.41, 5.74) is 0. The Morgan fingerprint density at radius 3 is 0.859 bits per heavy atom. The van der Waals surface area contributed by atoms with Crippen LogP contribution in [0.3, 0.4) is 0 Å². The van der Waals surface area contributed by atoms with Gasteiger partial charge in [-0.3, -0.25) is 14.4 Å². The standard InChI is InChI=1S/C72H130O6/c1-4-7-10-13-16-19-22-25-27-29-30-31-32-33-34-35-36-37-38-39-40-41-42-43-45-47-50-53-56-59-62-65-71(74)77-68-69(67-76-70(73)64-61-58-55-52-49-46-24-21-18-15-12-9-6-3)78-72(75)66-63-60-57-54-51-48-44-28-26-23-20-17-14-11-8-5-2/h9,12,18,21,28,44,46,49,55,58,69H,4-8,10-11,13-17,19-20,22-27,29-43,45,47-48,50-54,56-57,59-68H2,1-3H3/b12-9-,21-18-,44-28-,49-46-,58-55-. The minimum Gasteiger partial charge on any atom is -0.462 e. The molecule has 0 rings (SSSR count). The van der Waals surface area contributed by atoms with Gasteiger partial charge in [-0.1, -0.05) is 332 Å². The molecule has 0 aliphatic carbocycles. The van der Waals surface area contributed by atoms with E-state index in [-0.39, 0.29) is 37.5 Å². The van der Waals surface area contributed by atoms with Crippen molar-refractivity contribution in [3.63, 3.8) is 0 Å². The molecular formula is C72H130O6. The normalized spacial score (nSPS) is 12.4. The molecule has 6 nitrogen and oxygen atoms in total. The van der Waals surface area contributed by atoms with Crippen LogP contribution in [0.4, 0.5) is 0 Å². The van der Waals surface area contributed by atoms with Crippen LogP contribution >= 0.6 is 0 Å². The summed E-state index contributed by atoms with van der Waals surface area (Å²) in [6, 6.07) is 0. The van der Waals surface area contributed by atoms with Crippen molar-refractivity contribution in [3.05, 3.63) is 60.8 Å². The Labute approximate surface area is 485 Å². The van der Waals surface area contributed by atoms with Crippen LogP contribution in [0.15, 0.2) is 60.8 Å². The Balaban J connectivity index is 4.16. The Morgan fingerprint density at radius 2 is 0.526 bits per heavy atom. The number of carbonyl (C=O) groups is 3. The molecular weight excluding hydrogens is 961 g/mol. The predicted molar refractivity (Wildman–Crippen MR) is 339 cm³/mol. The second kappa shape index (κ2) is 66.6. The van der Waals surface area contributed by atoms with Gasteiger partial charge in [0.05, 0.1) is 0 Å². The lowest BCUT2D eigenvalue weighted by Crippen LogP contribution is -2.30. The minimum atomic E-state index is -0.807. The van der Waals surface area contributed by atoms with Crippen LogP contribution in [-0.2, 0) is 28.6 Å². The van der Waals surface area contributed by atoms with E-state index in [4.69, 9.17) is 14.2 Å². The highest BCUT2D eigenvalue weighted by atomic mass is 16.6. The average Bonchev–Trinajstić information content (AvgIpc) is 3.44. The van der Waals surface area contributed by atoms with Gasteiger partial charge >= 0.3 is 17.9 Å². The summed E-state index contributed by atoms with van der Waals surface area (Å²) in [7, 11) is 0. The lowest BCUT2D eigenvalue weighted by atomic mass is 10.0. The molecule has 0 aromatic heterocycles. The molecule has 0 radical (unpaired) electrons. The largest absolute Gasteiger partial charge is 0.462 e. The van der Waals surface area contributed by atoms with Gasteiger partial charge in [-0.2, -0.15) is 0 Å². The molecule has 0 amide bonds. The van der Waals surface area contributed by atoms with Gasteiger partial charge in [-0.15, -0.1) is 0 Å². The van der Waals surface area contributed by atoms with Gasteiger partial charge in [-0.25, -0.2) is 0 Å². The van der Waals surface area contributed by atoms with Crippen molar-refractivity contribution in [3.8, 4) is 0 Å². The van der Waals surface area contributed by atoms with E-state index >= 15 is 0 Å². The third-order valence-corrected chi connectivity index (χ3v) is 15.3. The van der Waals surface area contributed by atoms with E-state index in [0.29, 0.717) is 19.3 Å². The molecule has 0 aromatic carbocycles. The summed E-state index contributed by atoms with van der Waals surface area (Å²) in [5.74, 6) is -0.972. The molecule has 0 aliphatic heterocycles. The highest BCUT2D eigenvalue weighted by molar-refractivity contribution is 5.71. The highest BCUT2D eigenvalue weighted by Gasteiger charge is 2.19. The first kappa shape index (κ1) is 75.1. The van der Waals surface area contributed by atoms with Crippen LogP contribution in [0.25, 0.3) is 0 Å². The number of esters is 3. The van der Waals surface area contributed by atoms with Crippen LogP contribution in [0.2, 0.25) is 0 Å². The molecule has 0 spiro atoms. The van der Waals surface area contributed by atoms with E-state index in [2.05, 4.69) is 75.5 Å². The molecule has 1 atom stereocenters. The fourth-order valence-corrected chi connectivity index (χ4v) is 10.2.